The Labute approximate surface area is 140 Å². The third-order valence-corrected chi connectivity index (χ3v) is 5.35. The lowest BCUT2D eigenvalue weighted by Crippen LogP contribution is -2.41. The van der Waals surface area contributed by atoms with Crippen molar-refractivity contribution < 1.29 is 9.59 Å². The molecule has 0 aromatic carbocycles. The van der Waals surface area contributed by atoms with Crippen molar-refractivity contribution in [3.63, 3.8) is 0 Å². The summed E-state index contributed by atoms with van der Waals surface area (Å²) in [6.45, 7) is 0. The number of hydrazine groups is 1. The van der Waals surface area contributed by atoms with Gasteiger partial charge < -0.3 is 4.98 Å². The molecule has 2 aromatic rings. The van der Waals surface area contributed by atoms with E-state index in [-0.39, 0.29) is 11.8 Å². The second-order valence-electron chi connectivity index (χ2n) is 5.26. The van der Waals surface area contributed by atoms with E-state index in [4.69, 9.17) is 0 Å². The number of carbonyl (C=O) groups excluding carboxylic acids is 2. The van der Waals surface area contributed by atoms with E-state index in [1.54, 1.807) is 12.3 Å². The lowest BCUT2D eigenvalue weighted by atomic mass is 10.1. The molecule has 3 N–H and O–H groups in total. The van der Waals surface area contributed by atoms with E-state index in [1.165, 1.54) is 41.0 Å². The van der Waals surface area contributed by atoms with Gasteiger partial charge in [-0.15, -0.1) is 11.3 Å². The molecule has 2 amide bonds. The zero-order valence-electron chi connectivity index (χ0n) is 11.9. The van der Waals surface area contributed by atoms with Gasteiger partial charge in [-0.2, -0.15) is 0 Å². The zero-order chi connectivity index (χ0) is 15.5. The number of thiophene rings is 1. The van der Waals surface area contributed by atoms with Crippen molar-refractivity contribution in [3.8, 4) is 0 Å². The van der Waals surface area contributed by atoms with Gasteiger partial charge in [0, 0.05) is 15.5 Å². The number of aromatic nitrogens is 1. The van der Waals surface area contributed by atoms with Gasteiger partial charge in [-0.1, -0.05) is 6.42 Å². The van der Waals surface area contributed by atoms with Crippen molar-refractivity contribution in [2.24, 2.45) is 0 Å². The molecule has 0 saturated heterocycles. The number of aryl methyl sites for hydroxylation is 2. The van der Waals surface area contributed by atoms with Crippen LogP contribution in [0.25, 0.3) is 0 Å². The fourth-order valence-electron chi connectivity index (χ4n) is 2.52. The first-order chi connectivity index (χ1) is 10.6. The van der Waals surface area contributed by atoms with Gasteiger partial charge in [0.2, 0.25) is 0 Å². The SMILES string of the molecule is O=C(NNC(=O)c1cc2c(s1)CCCCC2)c1cc(Br)c[nH]1. The minimum absolute atomic E-state index is 0.267. The summed E-state index contributed by atoms with van der Waals surface area (Å²) in [5.41, 5.74) is 6.56. The predicted octanol–water partition coefficient (Wildman–Crippen LogP) is 3.18. The number of rotatable bonds is 2. The Hall–Kier alpha value is -1.60. The Morgan fingerprint density at radius 1 is 1.09 bits per heavy atom. The maximum atomic E-state index is 12.2. The summed E-state index contributed by atoms with van der Waals surface area (Å²) in [7, 11) is 0. The molecule has 22 heavy (non-hydrogen) atoms. The Kier molecular flexibility index (Phi) is 4.63. The average Bonchev–Trinajstić information content (AvgIpc) is 3.06. The molecule has 5 nitrogen and oxygen atoms in total. The van der Waals surface area contributed by atoms with Crippen LogP contribution in [-0.4, -0.2) is 16.8 Å². The molecule has 116 valence electrons. The van der Waals surface area contributed by atoms with Gasteiger partial charge in [0.1, 0.15) is 5.69 Å². The van der Waals surface area contributed by atoms with Gasteiger partial charge in [-0.3, -0.25) is 20.4 Å². The molecule has 7 heteroatoms. The zero-order valence-corrected chi connectivity index (χ0v) is 14.3. The summed E-state index contributed by atoms with van der Waals surface area (Å²) >= 11 is 4.79. The van der Waals surface area contributed by atoms with Crippen LogP contribution in [0.2, 0.25) is 0 Å². The summed E-state index contributed by atoms with van der Waals surface area (Å²) in [6.07, 6.45) is 7.38. The Balaban J connectivity index is 1.61. The first-order valence-electron chi connectivity index (χ1n) is 7.19. The van der Waals surface area contributed by atoms with Crippen LogP contribution >= 0.6 is 27.3 Å². The molecule has 1 aliphatic carbocycles. The van der Waals surface area contributed by atoms with Crippen molar-refractivity contribution in [1.29, 1.82) is 0 Å². The van der Waals surface area contributed by atoms with Crippen LogP contribution in [0.5, 0.6) is 0 Å². The number of halogens is 1. The fourth-order valence-corrected chi connectivity index (χ4v) is 4.01. The molecule has 0 atom stereocenters. The first-order valence-corrected chi connectivity index (χ1v) is 8.80. The van der Waals surface area contributed by atoms with Gasteiger partial charge in [-0.25, -0.2) is 0 Å². The van der Waals surface area contributed by atoms with Gasteiger partial charge in [0.15, 0.2) is 0 Å². The minimum Gasteiger partial charge on any atom is -0.356 e. The van der Waals surface area contributed by atoms with Gasteiger partial charge in [-0.05, 0) is 59.3 Å². The number of hydrogen-bond donors (Lipinski definition) is 3. The number of aromatic amines is 1. The molecule has 0 bridgehead atoms. The molecule has 0 radical (unpaired) electrons. The molecule has 2 heterocycles. The van der Waals surface area contributed by atoms with E-state index in [9.17, 15) is 9.59 Å². The quantitative estimate of drug-likeness (QED) is 0.551. The standard InChI is InChI=1S/C15H16BrN3O2S/c16-10-7-11(17-8-10)14(20)18-19-15(21)13-6-9-4-2-1-3-5-12(9)22-13/h6-8,17H,1-5H2,(H,18,20)(H,19,21). The van der Waals surface area contributed by atoms with Crippen LogP contribution in [-0.2, 0) is 12.8 Å². The van der Waals surface area contributed by atoms with Crippen LogP contribution in [0.3, 0.4) is 0 Å². The van der Waals surface area contributed by atoms with E-state index >= 15 is 0 Å². The topological polar surface area (TPSA) is 74.0 Å². The number of nitrogens with one attached hydrogen (secondary N) is 3. The molecule has 0 unspecified atom stereocenters. The molecule has 1 aliphatic rings. The molecule has 0 aliphatic heterocycles. The van der Waals surface area contributed by atoms with E-state index in [2.05, 4.69) is 31.8 Å². The molecule has 0 spiro atoms. The third kappa shape index (κ3) is 3.41. The maximum absolute atomic E-state index is 12.2. The maximum Gasteiger partial charge on any atom is 0.286 e. The lowest BCUT2D eigenvalue weighted by molar-refractivity contribution is 0.0846. The summed E-state index contributed by atoms with van der Waals surface area (Å²) < 4.78 is 0.783. The van der Waals surface area contributed by atoms with Crippen molar-refractivity contribution in [3.05, 3.63) is 43.8 Å². The summed E-state index contributed by atoms with van der Waals surface area (Å²) in [5, 5.41) is 0. The van der Waals surface area contributed by atoms with Crippen LogP contribution < -0.4 is 10.9 Å². The Bertz CT molecular complexity index is 684. The monoisotopic (exact) mass is 381 g/mol. The fraction of sp³-hybridized carbons (Fsp3) is 0.333. The smallest absolute Gasteiger partial charge is 0.286 e. The van der Waals surface area contributed by atoms with Crippen molar-refractivity contribution >= 4 is 39.1 Å². The van der Waals surface area contributed by atoms with Crippen LogP contribution in [0, 0.1) is 0 Å². The second kappa shape index (κ2) is 6.66. The Morgan fingerprint density at radius 2 is 1.86 bits per heavy atom. The predicted molar refractivity (Wildman–Crippen MR) is 89.0 cm³/mol. The van der Waals surface area contributed by atoms with Crippen LogP contribution in [0.4, 0.5) is 0 Å². The van der Waals surface area contributed by atoms with Crippen molar-refractivity contribution in [1.82, 2.24) is 15.8 Å². The second-order valence-corrected chi connectivity index (χ2v) is 7.31. The van der Waals surface area contributed by atoms with Gasteiger partial charge >= 0.3 is 0 Å². The van der Waals surface area contributed by atoms with E-state index in [1.807, 2.05) is 6.07 Å². The molecule has 0 fully saturated rings. The molecule has 2 aromatic heterocycles. The number of hydrogen-bond acceptors (Lipinski definition) is 3. The molecule has 3 rings (SSSR count). The lowest BCUT2D eigenvalue weighted by Gasteiger charge is -2.04. The summed E-state index contributed by atoms with van der Waals surface area (Å²) in [4.78, 5) is 28.8. The Morgan fingerprint density at radius 3 is 2.64 bits per heavy atom. The average molecular weight is 382 g/mol. The number of fused-ring (bicyclic) bond motifs is 1. The number of amides is 2. The third-order valence-electron chi connectivity index (χ3n) is 3.65. The highest BCUT2D eigenvalue weighted by Gasteiger charge is 2.17. The summed E-state index contributed by atoms with van der Waals surface area (Å²) in [5.74, 6) is -0.644. The van der Waals surface area contributed by atoms with E-state index in [0.29, 0.717) is 10.6 Å². The highest BCUT2D eigenvalue weighted by atomic mass is 79.9. The van der Waals surface area contributed by atoms with E-state index < -0.39 is 0 Å². The molecule has 0 saturated carbocycles. The minimum atomic E-state index is -0.378. The number of carbonyl (C=O) groups is 2. The summed E-state index contributed by atoms with van der Waals surface area (Å²) in [6, 6.07) is 3.60. The van der Waals surface area contributed by atoms with Gasteiger partial charge in [0.05, 0.1) is 4.88 Å². The number of H-pyrrole nitrogens is 1. The molecular formula is C15H16BrN3O2S. The van der Waals surface area contributed by atoms with E-state index in [0.717, 1.165) is 17.3 Å². The van der Waals surface area contributed by atoms with Crippen molar-refractivity contribution in [2.45, 2.75) is 32.1 Å². The van der Waals surface area contributed by atoms with Crippen LogP contribution in [0.15, 0.2) is 22.8 Å². The highest BCUT2D eigenvalue weighted by molar-refractivity contribution is 9.10. The molecular weight excluding hydrogens is 366 g/mol. The van der Waals surface area contributed by atoms with Gasteiger partial charge in [0.25, 0.3) is 11.8 Å². The highest BCUT2D eigenvalue weighted by Crippen LogP contribution is 2.28. The van der Waals surface area contributed by atoms with Crippen molar-refractivity contribution in [2.75, 3.05) is 0 Å². The largest absolute Gasteiger partial charge is 0.356 e. The van der Waals surface area contributed by atoms with Crippen LogP contribution in [0.1, 0.15) is 49.9 Å². The first kappa shape index (κ1) is 15.3. The normalized spacial score (nSPS) is 14.0.